The van der Waals surface area contributed by atoms with E-state index in [1.807, 2.05) is 24.3 Å². The van der Waals surface area contributed by atoms with Gasteiger partial charge in [0.05, 0.1) is 0 Å². The van der Waals surface area contributed by atoms with Crippen LogP contribution in [0, 0.1) is 0 Å². The first-order chi connectivity index (χ1) is 9.13. The first-order valence-electron chi connectivity index (χ1n) is 6.86. The number of rotatable bonds is 4. The number of aryl methyl sites for hydroxylation is 1. The molecule has 4 nitrogen and oxygen atoms in total. The number of carbonyl (C=O) groups is 1. The first kappa shape index (κ1) is 14.0. The summed E-state index contributed by atoms with van der Waals surface area (Å²) in [5.41, 5.74) is 2.08. The molecule has 104 valence electrons. The Morgan fingerprint density at radius 1 is 1.26 bits per heavy atom. The van der Waals surface area contributed by atoms with Crippen molar-refractivity contribution in [3.8, 4) is 0 Å². The fourth-order valence-electron chi connectivity index (χ4n) is 2.69. The van der Waals surface area contributed by atoms with Crippen molar-refractivity contribution in [1.29, 1.82) is 0 Å². The van der Waals surface area contributed by atoms with Crippen LogP contribution in [0.3, 0.4) is 0 Å². The number of nitrogens with zero attached hydrogens (tertiary/aromatic N) is 2. The molecule has 1 saturated heterocycles. The van der Waals surface area contributed by atoms with Crippen LogP contribution in [0.5, 0.6) is 0 Å². The van der Waals surface area contributed by atoms with Crippen molar-refractivity contribution in [3.05, 3.63) is 35.4 Å². The third-order valence-electron chi connectivity index (χ3n) is 3.87. The largest absolute Gasteiger partial charge is 0.480 e. The first-order valence-corrected chi connectivity index (χ1v) is 6.86. The number of carboxylic acids is 1. The van der Waals surface area contributed by atoms with Crippen LogP contribution in [0.15, 0.2) is 24.3 Å². The summed E-state index contributed by atoms with van der Waals surface area (Å²) in [5, 5.41) is 9.61. The number of aliphatic carboxylic acids is 1. The Kier molecular flexibility index (Phi) is 4.56. The van der Waals surface area contributed by atoms with Crippen molar-refractivity contribution < 1.29 is 9.90 Å². The van der Waals surface area contributed by atoms with Crippen LogP contribution in [0.2, 0.25) is 0 Å². The molecule has 1 unspecified atom stereocenters. The van der Waals surface area contributed by atoms with E-state index in [2.05, 4.69) is 23.8 Å². The van der Waals surface area contributed by atoms with Gasteiger partial charge in [0.1, 0.15) is 6.04 Å². The molecule has 1 heterocycles. The van der Waals surface area contributed by atoms with E-state index in [-0.39, 0.29) is 0 Å². The normalized spacial score (nSPS) is 19.3. The zero-order valence-corrected chi connectivity index (χ0v) is 11.7. The smallest absolute Gasteiger partial charge is 0.325 e. The summed E-state index contributed by atoms with van der Waals surface area (Å²) in [4.78, 5) is 16.0. The summed E-state index contributed by atoms with van der Waals surface area (Å²) in [5.74, 6) is -0.745. The molecule has 1 aliphatic heterocycles. The second-order valence-electron chi connectivity index (χ2n) is 5.13. The summed E-state index contributed by atoms with van der Waals surface area (Å²) < 4.78 is 0. The van der Waals surface area contributed by atoms with Crippen LogP contribution in [0.4, 0.5) is 0 Å². The lowest BCUT2D eigenvalue weighted by Gasteiger charge is -2.36. The molecule has 4 heteroatoms. The number of hydrogen-bond donors (Lipinski definition) is 1. The van der Waals surface area contributed by atoms with E-state index in [1.165, 1.54) is 0 Å². The van der Waals surface area contributed by atoms with Gasteiger partial charge in [-0.2, -0.15) is 0 Å². The molecule has 1 fully saturated rings. The van der Waals surface area contributed by atoms with Crippen LogP contribution < -0.4 is 0 Å². The molecule has 19 heavy (non-hydrogen) atoms. The SMILES string of the molecule is CCc1ccccc1C(C(=O)O)N1CCN(C)CC1. The minimum absolute atomic E-state index is 0.509. The number of likely N-dealkylation sites (N-methyl/N-ethyl adjacent to an activating group) is 1. The van der Waals surface area contributed by atoms with Crippen LogP contribution >= 0.6 is 0 Å². The zero-order chi connectivity index (χ0) is 13.8. The minimum Gasteiger partial charge on any atom is -0.480 e. The van der Waals surface area contributed by atoms with Gasteiger partial charge in [-0.3, -0.25) is 9.69 Å². The van der Waals surface area contributed by atoms with Gasteiger partial charge in [0, 0.05) is 26.2 Å². The predicted molar refractivity (Wildman–Crippen MR) is 75.3 cm³/mol. The second-order valence-corrected chi connectivity index (χ2v) is 5.13. The summed E-state index contributed by atoms with van der Waals surface area (Å²) >= 11 is 0. The van der Waals surface area contributed by atoms with Gasteiger partial charge in [-0.05, 0) is 24.6 Å². The average Bonchev–Trinajstić information content (AvgIpc) is 2.41. The second kappa shape index (κ2) is 6.17. The number of benzene rings is 1. The Hall–Kier alpha value is -1.39. The summed E-state index contributed by atoms with van der Waals surface area (Å²) in [6.45, 7) is 5.55. The monoisotopic (exact) mass is 262 g/mol. The maximum absolute atomic E-state index is 11.7. The van der Waals surface area contributed by atoms with E-state index in [4.69, 9.17) is 0 Å². The topological polar surface area (TPSA) is 43.8 Å². The summed E-state index contributed by atoms with van der Waals surface area (Å²) in [6.07, 6.45) is 0.869. The Balaban J connectivity index is 2.27. The third-order valence-corrected chi connectivity index (χ3v) is 3.87. The van der Waals surface area contributed by atoms with Gasteiger partial charge >= 0.3 is 5.97 Å². The summed E-state index contributed by atoms with van der Waals surface area (Å²) in [7, 11) is 2.08. The highest BCUT2D eigenvalue weighted by molar-refractivity contribution is 5.76. The highest BCUT2D eigenvalue weighted by Crippen LogP contribution is 2.26. The van der Waals surface area contributed by atoms with E-state index < -0.39 is 12.0 Å². The molecule has 0 bridgehead atoms. The Morgan fingerprint density at radius 2 is 1.89 bits per heavy atom. The highest BCUT2D eigenvalue weighted by Gasteiger charge is 2.30. The van der Waals surface area contributed by atoms with Crippen LogP contribution in [0.25, 0.3) is 0 Å². The fourth-order valence-corrected chi connectivity index (χ4v) is 2.69. The molecule has 1 aromatic rings. The Labute approximate surface area is 114 Å². The van der Waals surface area contributed by atoms with Gasteiger partial charge in [0.15, 0.2) is 0 Å². The molecular formula is C15H22N2O2. The van der Waals surface area contributed by atoms with Crippen molar-refractivity contribution in [1.82, 2.24) is 9.80 Å². The van der Waals surface area contributed by atoms with Crippen LogP contribution in [0.1, 0.15) is 24.1 Å². The van der Waals surface area contributed by atoms with Crippen molar-refractivity contribution in [2.75, 3.05) is 33.2 Å². The molecule has 0 saturated carbocycles. The standard InChI is InChI=1S/C15H22N2O2/c1-3-12-6-4-5-7-13(12)14(15(18)19)17-10-8-16(2)9-11-17/h4-7,14H,3,8-11H2,1-2H3,(H,18,19). The maximum atomic E-state index is 11.7. The molecular weight excluding hydrogens is 240 g/mol. The molecule has 0 amide bonds. The van der Waals surface area contributed by atoms with Gasteiger partial charge in [0.25, 0.3) is 0 Å². The van der Waals surface area contributed by atoms with E-state index >= 15 is 0 Å². The highest BCUT2D eigenvalue weighted by atomic mass is 16.4. The lowest BCUT2D eigenvalue weighted by atomic mass is 9.97. The molecule has 1 atom stereocenters. The third kappa shape index (κ3) is 3.14. The molecule has 0 aromatic heterocycles. The number of piperazine rings is 1. The molecule has 1 aromatic carbocycles. The van der Waals surface area contributed by atoms with Crippen LogP contribution in [-0.4, -0.2) is 54.1 Å². The van der Waals surface area contributed by atoms with Crippen LogP contribution in [-0.2, 0) is 11.2 Å². The predicted octanol–water partition coefficient (Wildman–Crippen LogP) is 1.62. The van der Waals surface area contributed by atoms with E-state index in [9.17, 15) is 9.90 Å². The molecule has 1 N–H and O–H groups in total. The Morgan fingerprint density at radius 3 is 2.47 bits per heavy atom. The fraction of sp³-hybridized carbons (Fsp3) is 0.533. The van der Waals surface area contributed by atoms with E-state index in [0.29, 0.717) is 0 Å². The van der Waals surface area contributed by atoms with Gasteiger partial charge in [-0.15, -0.1) is 0 Å². The number of hydrogen-bond acceptors (Lipinski definition) is 3. The summed E-state index contributed by atoms with van der Waals surface area (Å²) in [6, 6.07) is 7.38. The Bertz CT molecular complexity index is 440. The number of carboxylic acid groups (broad SMARTS) is 1. The van der Waals surface area contributed by atoms with E-state index in [0.717, 1.165) is 43.7 Å². The van der Waals surface area contributed by atoms with E-state index in [1.54, 1.807) is 0 Å². The quantitative estimate of drug-likeness (QED) is 0.895. The minimum atomic E-state index is -0.745. The average molecular weight is 262 g/mol. The van der Waals surface area contributed by atoms with Gasteiger partial charge in [0.2, 0.25) is 0 Å². The van der Waals surface area contributed by atoms with Gasteiger partial charge in [-0.25, -0.2) is 0 Å². The molecule has 0 aliphatic carbocycles. The van der Waals surface area contributed by atoms with Gasteiger partial charge in [-0.1, -0.05) is 31.2 Å². The van der Waals surface area contributed by atoms with Crippen molar-refractivity contribution >= 4 is 5.97 Å². The van der Waals surface area contributed by atoms with Crippen molar-refractivity contribution in [2.45, 2.75) is 19.4 Å². The van der Waals surface area contributed by atoms with Gasteiger partial charge < -0.3 is 10.0 Å². The van der Waals surface area contributed by atoms with Crippen molar-refractivity contribution in [3.63, 3.8) is 0 Å². The lowest BCUT2D eigenvalue weighted by molar-refractivity contribution is -0.144. The molecule has 0 radical (unpaired) electrons. The van der Waals surface area contributed by atoms with Crippen molar-refractivity contribution in [2.24, 2.45) is 0 Å². The molecule has 0 spiro atoms. The lowest BCUT2D eigenvalue weighted by Crippen LogP contribution is -2.48. The molecule has 1 aliphatic rings. The maximum Gasteiger partial charge on any atom is 0.325 e. The molecule has 2 rings (SSSR count). The zero-order valence-electron chi connectivity index (χ0n) is 11.7.